The number of carboxylic acid groups (broad SMARTS) is 1. The molecule has 1 aliphatic rings. The largest absolute Gasteiger partial charge is 0.480 e. The van der Waals surface area contributed by atoms with E-state index >= 15 is 0 Å². The van der Waals surface area contributed by atoms with Crippen molar-refractivity contribution in [2.75, 3.05) is 66.0 Å². The number of rotatable bonds is 6. The number of aliphatic carboxylic acids is 1. The van der Waals surface area contributed by atoms with Gasteiger partial charge in [0.05, 0.1) is 26.7 Å². The van der Waals surface area contributed by atoms with Crippen molar-refractivity contribution in [2.24, 2.45) is 5.73 Å². The summed E-state index contributed by atoms with van der Waals surface area (Å²) in [4.78, 5) is 39.0. The molecule has 1 rings (SSSR count). The van der Waals surface area contributed by atoms with Crippen LogP contribution >= 0.6 is 0 Å². The van der Waals surface area contributed by atoms with Crippen molar-refractivity contribution in [3.8, 4) is 0 Å². The Morgan fingerprint density at radius 3 is 1.68 bits per heavy atom. The van der Waals surface area contributed by atoms with Gasteiger partial charge >= 0.3 is 11.9 Å². The molecule has 1 aliphatic heterocycles. The third-order valence-electron chi connectivity index (χ3n) is 3.52. The standard InChI is InChI=1S/C13H24N4O5/c1-22-13(21)10-17-6-3-15(8-11(14)18)2-4-16(5-7-17)9-12(19)20/h2-10H2,1H3,(H2,14,18)(H,19,20). The number of hydrogen-bond donors (Lipinski definition) is 2. The second kappa shape index (κ2) is 9.34. The summed E-state index contributed by atoms with van der Waals surface area (Å²) in [5.41, 5.74) is 5.23. The van der Waals surface area contributed by atoms with Gasteiger partial charge in [-0.05, 0) is 0 Å². The van der Waals surface area contributed by atoms with Crippen molar-refractivity contribution in [3.63, 3.8) is 0 Å². The van der Waals surface area contributed by atoms with E-state index in [-0.39, 0.29) is 25.6 Å². The molecule has 0 bridgehead atoms. The minimum absolute atomic E-state index is 0.0729. The Balaban J connectivity index is 2.69. The fourth-order valence-electron chi connectivity index (χ4n) is 2.32. The van der Waals surface area contributed by atoms with E-state index < -0.39 is 11.9 Å². The molecule has 0 unspecified atom stereocenters. The van der Waals surface area contributed by atoms with E-state index in [2.05, 4.69) is 4.74 Å². The monoisotopic (exact) mass is 316 g/mol. The summed E-state index contributed by atoms with van der Waals surface area (Å²) in [5.74, 6) is -1.67. The number of esters is 1. The molecule has 1 heterocycles. The van der Waals surface area contributed by atoms with Crippen LogP contribution in [0.3, 0.4) is 0 Å². The number of methoxy groups -OCH3 is 1. The van der Waals surface area contributed by atoms with Gasteiger partial charge in [0.2, 0.25) is 5.91 Å². The Bertz CT molecular complexity index is 376. The molecule has 9 heteroatoms. The first-order valence-corrected chi connectivity index (χ1v) is 7.14. The van der Waals surface area contributed by atoms with Crippen LogP contribution in [0.2, 0.25) is 0 Å². The predicted octanol–water partition coefficient (Wildman–Crippen LogP) is -2.35. The maximum atomic E-state index is 11.4. The number of primary amides is 1. The fraction of sp³-hybridized carbons (Fsp3) is 0.769. The van der Waals surface area contributed by atoms with Crippen LogP contribution in [0.15, 0.2) is 0 Å². The fourth-order valence-corrected chi connectivity index (χ4v) is 2.32. The third kappa shape index (κ3) is 7.34. The molecule has 0 atom stereocenters. The molecule has 0 aliphatic carbocycles. The van der Waals surface area contributed by atoms with Gasteiger partial charge in [-0.15, -0.1) is 0 Å². The number of nitrogens with two attached hydrogens (primary N) is 1. The molecule has 0 radical (unpaired) electrons. The van der Waals surface area contributed by atoms with Crippen molar-refractivity contribution in [3.05, 3.63) is 0 Å². The molecule has 0 aromatic heterocycles. The number of carbonyl (C=O) groups excluding carboxylic acids is 2. The van der Waals surface area contributed by atoms with E-state index in [1.165, 1.54) is 7.11 Å². The minimum Gasteiger partial charge on any atom is -0.480 e. The Kier molecular flexibility index (Phi) is 7.78. The van der Waals surface area contributed by atoms with Crippen LogP contribution in [0.1, 0.15) is 0 Å². The van der Waals surface area contributed by atoms with Crippen molar-refractivity contribution in [2.45, 2.75) is 0 Å². The van der Waals surface area contributed by atoms with Gasteiger partial charge in [0, 0.05) is 39.3 Å². The lowest BCUT2D eigenvalue weighted by Gasteiger charge is -2.23. The van der Waals surface area contributed by atoms with Gasteiger partial charge in [-0.25, -0.2) is 0 Å². The predicted molar refractivity (Wildman–Crippen MR) is 78.2 cm³/mol. The molecule has 3 N–H and O–H groups in total. The second-order valence-corrected chi connectivity index (χ2v) is 5.26. The highest BCUT2D eigenvalue weighted by Gasteiger charge is 2.20. The van der Waals surface area contributed by atoms with Gasteiger partial charge < -0.3 is 15.6 Å². The lowest BCUT2D eigenvalue weighted by Crippen LogP contribution is -2.42. The van der Waals surface area contributed by atoms with Crippen LogP contribution in [-0.4, -0.2) is 104 Å². The van der Waals surface area contributed by atoms with Gasteiger partial charge in [-0.1, -0.05) is 0 Å². The normalized spacial score (nSPS) is 19.0. The lowest BCUT2D eigenvalue weighted by molar-refractivity contribution is -0.142. The Hall–Kier alpha value is -1.71. The van der Waals surface area contributed by atoms with E-state index in [0.717, 1.165) is 0 Å². The Morgan fingerprint density at radius 1 is 0.909 bits per heavy atom. The summed E-state index contributed by atoms with van der Waals surface area (Å²) in [5, 5.41) is 8.94. The van der Waals surface area contributed by atoms with Crippen LogP contribution in [0.5, 0.6) is 0 Å². The average Bonchev–Trinajstić information content (AvgIpc) is 2.51. The van der Waals surface area contributed by atoms with E-state index in [0.29, 0.717) is 39.3 Å². The van der Waals surface area contributed by atoms with Gasteiger partial charge in [0.25, 0.3) is 0 Å². The van der Waals surface area contributed by atoms with Crippen molar-refractivity contribution in [1.82, 2.24) is 14.7 Å². The summed E-state index contributed by atoms with van der Waals surface area (Å²) in [6.07, 6.45) is 0. The van der Waals surface area contributed by atoms with E-state index in [4.69, 9.17) is 10.8 Å². The van der Waals surface area contributed by atoms with Crippen LogP contribution in [0.4, 0.5) is 0 Å². The average molecular weight is 316 g/mol. The molecule has 1 fully saturated rings. The molecule has 1 amide bonds. The van der Waals surface area contributed by atoms with Crippen LogP contribution in [0, 0.1) is 0 Å². The van der Waals surface area contributed by atoms with Gasteiger partial charge in [-0.3, -0.25) is 29.1 Å². The molecule has 0 spiro atoms. The SMILES string of the molecule is COC(=O)CN1CCN(CC(N)=O)CCN(CC(=O)O)CC1. The highest BCUT2D eigenvalue weighted by molar-refractivity contribution is 5.76. The summed E-state index contributed by atoms with van der Waals surface area (Å²) < 4.78 is 4.66. The third-order valence-corrected chi connectivity index (χ3v) is 3.52. The summed E-state index contributed by atoms with van der Waals surface area (Å²) in [6, 6.07) is 0. The Labute approximate surface area is 129 Å². The first-order chi connectivity index (χ1) is 10.4. The quantitative estimate of drug-likeness (QED) is 0.523. The first kappa shape index (κ1) is 18.3. The van der Waals surface area contributed by atoms with E-state index in [1.54, 1.807) is 4.90 Å². The lowest BCUT2D eigenvalue weighted by atomic mass is 10.4. The minimum atomic E-state index is -0.903. The first-order valence-electron chi connectivity index (χ1n) is 7.14. The van der Waals surface area contributed by atoms with Crippen molar-refractivity contribution < 1.29 is 24.2 Å². The summed E-state index contributed by atoms with van der Waals surface area (Å²) >= 11 is 0. The molecule has 0 aromatic rings. The summed E-state index contributed by atoms with van der Waals surface area (Å²) in [6.45, 7) is 3.55. The van der Waals surface area contributed by atoms with Crippen molar-refractivity contribution in [1.29, 1.82) is 0 Å². The molecule has 9 nitrogen and oxygen atoms in total. The zero-order valence-electron chi connectivity index (χ0n) is 12.9. The zero-order chi connectivity index (χ0) is 16.5. The van der Waals surface area contributed by atoms with E-state index in [1.807, 2.05) is 9.80 Å². The Morgan fingerprint density at radius 2 is 1.32 bits per heavy atom. The van der Waals surface area contributed by atoms with Gasteiger partial charge in [-0.2, -0.15) is 0 Å². The molecular formula is C13H24N4O5. The topological polar surface area (TPSA) is 116 Å². The zero-order valence-corrected chi connectivity index (χ0v) is 12.9. The molecule has 0 saturated carbocycles. The molecular weight excluding hydrogens is 292 g/mol. The van der Waals surface area contributed by atoms with Crippen LogP contribution in [-0.2, 0) is 19.1 Å². The molecule has 1 saturated heterocycles. The van der Waals surface area contributed by atoms with Crippen LogP contribution in [0.25, 0.3) is 0 Å². The number of hydrogen-bond acceptors (Lipinski definition) is 7. The molecule has 126 valence electrons. The number of carbonyl (C=O) groups is 3. The van der Waals surface area contributed by atoms with Gasteiger partial charge in [0.1, 0.15) is 0 Å². The number of amides is 1. The van der Waals surface area contributed by atoms with Crippen LogP contribution < -0.4 is 5.73 Å². The smallest absolute Gasteiger partial charge is 0.319 e. The highest BCUT2D eigenvalue weighted by Crippen LogP contribution is 2.01. The maximum absolute atomic E-state index is 11.4. The number of carboxylic acids is 1. The number of nitrogens with zero attached hydrogens (tertiary/aromatic N) is 3. The van der Waals surface area contributed by atoms with Gasteiger partial charge in [0.15, 0.2) is 0 Å². The molecule has 0 aromatic carbocycles. The second-order valence-electron chi connectivity index (χ2n) is 5.26. The highest BCUT2D eigenvalue weighted by atomic mass is 16.5. The van der Waals surface area contributed by atoms with Crippen molar-refractivity contribution >= 4 is 17.8 Å². The molecule has 22 heavy (non-hydrogen) atoms. The number of ether oxygens (including phenoxy) is 1. The summed E-state index contributed by atoms with van der Waals surface area (Å²) in [7, 11) is 1.33. The maximum Gasteiger partial charge on any atom is 0.319 e. The van der Waals surface area contributed by atoms with E-state index in [9.17, 15) is 14.4 Å².